The van der Waals surface area contributed by atoms with Gasteiger partial charge in [0.25, 0.3) is 0 Å². The average molecular weight is 262 g/mol. The van der Waals surface area contributed by atoms with Crippen LogP contribution in [0.25, 0.3) is 0 Å². The quantitative estimate of drug-likeness (QED) is 0.856. The summed E-state index contributed by atoms with van der Waals surface area (Å²) in [5, 5.41) is 8.78. The Balaban J connectivity index is 2.30. The van der Waals surface area contributed by atoms with Crippen molar-refractivity contribution in [2.45, 2.75) is 13.3 Å². The Morgan fingerprint density at radius 2 is 2.31 bits per heavy atom. The molecule has 0 aliphatic carbocycles. The van der Waals surface area contributed by atoms with Crippen LogP contribution in [0.2, 0.25) is 4.34 Å². The number of thiophene rings is 1. The lowest BCUT2D eigenvalue weighted by atomic mass is 10.2. The van der Waals surface area contributed by atoms with Crippen molar-refractivity contribution in [3.63, 3.8) is 0 Å². The van der Waals surface area contributed by atoms with E-state index in [1.807, 2.05) is 24.1 Å². The normalized spacial score (nSPS) is 13.0. The molecule has 1 aromatic rings. The molecule has 0 aliphatic heterocycles. The zero-order chi connectivity index (χ0) is 12.1. The second-order valence-electron chi connectivity index (χ2n) is 3.96. The molecule has 0 saturated heterocycles. The van der Waals surface area contributed by atoms with Gasteiger partial charge < -0.3 is 10.0 Å². The fourth-order valence-corrected chi connectivity index (χ4v) is 2.50. The number of halogens is 1. The SMILES string of the molecule is CC(CN(C)CCc1ccc(Cl)s1)C(=O)O. The first-order valence-corrected chi connectivity index (χ1v) is 6.34. The highest BCUT2D eigenvalue weighted by Gasteiger charge is 2.13. The summed E-state index contributed by atoms with van der Waals surface area (Å²) in [7, 11) is 1.94. The van der Waals surface area contributed by atoms with Crippen molar-refractivity contribution in [2.75, 3.05) is 20.1 Å². The van der Waals surface area contributed by atoms with Crippen molar-refractivity contribution in [3.05, 3.63) is 21.3 Å². The maximum atomic E-state index is 10.7. The summed E-state index contributed by atoms with van der Waals surface area (Å²) in [5.74, 6) is -1.07. The maximum absolute atomic E-state index is 10.7. The van der Waals surface area contributed by atoms with Crippen LogP contribution < -0.4 is 0 Å². The van der Waals surface area contributed by atoms with E-state index < -0.39 is 5.97 Å². The highest BCUT2D eigenvalue weighted by atomic mass is 35.5. The molecule has 5 heteroatoms. The van der Waals surface area contributed by atoms with Gasteiger partial charge in [-0.3, -0.25) is 4.79 Å². The summed E-state index contributed by atoms with van der Waals surface area (Å²) >= 11 is 7.41. The molecule has 0 radical (unpaired) electrons. The summed E-state index contributed by atoms with van der Waals surface area (Å²) in [4.78, 5) is 13.9. The first-order chi connectivity index (χ1) is 7.49. The van der Waals surface area contributed by atoms with Crippen molar-refractivity contribution in [2.24, 2.45) is 5.92 Å². The predicted octanol–water partition coefficient (Wildman–Crippen LogP) is 2.60. The van der Waals surface area contributed by atoms with Gasteiger partial charge in [-0.15, -0.1) is 11.3 Å². The largest absolute Gasteiger partial charge is 0.481 e. The molecular formula is C11H16ClNO2S. The second kappa shape index (κ2) is 6.23. The first-order valence-electron chi connectivity index (χ1n) is 5.14. The summed E-state index contributed by atoms with van der Waals surface area (Å²) in [6, 6.07) is 3.91. The summed E-state index contributed by atoms with van der Waals surface area (Å²) in [5.41, 5.74) is 0. The third-order valence-corrected chi connectivity index (χ3v) is 3.67. The summed E-state index contributed by atoms with van der Waals surface area (Å²) in [6.07, 6.45) is 0.917. The fourth-order valence-electron chi connectivity index (χ4n) is 1.42. The molecule has 0 spiro atoms. The molecule has 1 unspecified atom stereocenters. The maximum Gasteiger partial charge on any atom is 0.307 e. The molecule has 1 atom stereocenters. The van der Waals surface area contributed by atoms with E-state index in [9.17, 15) is 4.79 Å². The van der Waals surface area contributed by atoms with Gasteiger partial charge in [0, 0.05) is 18.0 Å². The van der Waals surface area contributed by atoms with Crippen LogP contribution in [-0.2, 0) is 11.2 Å². The molecule has 0 fully saturated rings. The van der Waals surface area contributed by atoms with Crippen LogP contribution in [0.5, 0.6) is 0 Å². The Morgan fingerprint density at radius 3 is 2.81 bits per heavy atom. The molecule has 90 valence electrons. The van der Waals surface area contributed by atoms with Gasteiger partial charge in [0.15, 0.2) is 0 Å². The minimum absolute atomic E-state index is 0.322. The van der Waals surface area contributed by atoms with Crippen molar-refractivity contribution in [1.82, 2.24) is 4.90 Å². The highest BCUT2D eigenvalue weighted by molar-refractivity contribution is 7.16. The second-order valence-corrected chi connectivity index (χ2v) is 5.76. The van der Waals surface area contributed by atoms with Crippen molar-refractivity contribution in [3.8, 4) is 0 Å². The number of likely N-dealkylation sites (N-methyl/N-ethyl adjacent to an activating group) is 1. The summed E-state index contributed by atoms with van der Waals surface area (Å²) < 4.78 is 0.802. The Bertz CT molecular complexity index is 354. The molecule has 0 amide bonds. The molecule has 0 saturated carbocycles. The van der Waals surface area contributed by atoms with Crippen LogP contribution in [0.1, 0.15) is 11.8 Å². The zero-order valence-electron chi connectivity index (χ0n) is 9.44. The average Bonchev–Trinajstić information content (AvgIpc) is 2.61. The fraction of sp³-hybridized carbons (Fsp3) is 0.545. The van der Waals surface area contributed by atoms with Crippen LogP contribution in [0.15, 0.2) is 12.1 Å². The number of carboxylic acid groups (broad SMARTS) is 1. The van der Waals surface area contributed by atoms with Gasteiger partial charge in [-0.05, 0) is 25.6 Å². The predicted molar refractivity (Wildman–Crippen MR) is 67.3 cm³/mol. The van der Waals surface area contributed by atoms with Crippen LogP contribution in [0.4, 0.5) is 0 Å². The minimum atomic E-state index is -0.744. The van der Waals surface area contributed by atoms with Crippen LogP contribution in [0, 0.1) is 5.92 Å². The third-order valence-electron chi connectivity index (χ3n) is 2.38. The number of hydrogen-bond donors (Lipinski definition) is 1. The van der Waals surface area contributed by atoms with Gasteiger partial charge in [0.1, 0.15) is 0 Å². The van der Waals surface area contributed by atoms with E-state index in [0.29, 0.717) is 6.54 Å². The molecular weight excluding hydrogens is 246 g/mol. The Morgan fingerprint density at radius 1 is 1.62 bits per heavy atom. The van der Waals surface area contributed by atoms with Crippen molar-refractivity contribution < 1.29 is 9.90 Å². The van der Waals surface area contributed by atoms with E-state index in [1.165, 1.54) is 4.88 Å². The van der Waals surface area contributed by atoms with Crippen molar-refractivity contribution >= 4 is 28.9 Å². The van der Waals surface area contributed by atoms with Gasteiger partial charge in [-0.2, -0.15) is 0 Å². The third kappa shape index (κ3) is 4.51. The smallest absolute Gasteiger partial charge is 0.307 e. The van der Waals surface area contributed by atoms with Crippen LogP contribution in [-0.4, -0.2) is 36.1 Å². The van der Waals surface area contributed by atoms with Gasteiger partial charge in [0.05, 0.1) is 10.3 Å². The van der Waals surface area contributed by atoms with Gasteiger partial charge in [-0.25, -0.2) is 0 Å². The number of rotatable bonds is 6. The molecule has 1 aromatic heterocycles. The zero-order valence-corrected chi connectivity index (χ0v) is 11.0. The minimum Gasteiger partial charge on any atom is -0.481 e. The van der Waals surface area contributed by atoms with E-state index >= 15 is 0 Å². The molecule has 1 N–H and O–H groups in total. The number of nitrogens with zero attached hydrogens (tertiary/aromatic N) is 1. The van der Waals surface area contributed by atoms with Crippen molar-refractivity contribution in [1.29, 1.82) is 0 Å². The van der Waals surface area contributed by atoms with Crippen LogP contribution >= 0.6 is 22.9 Å². The number of aliphatic carboxylic acids is 1. The Labute approximate surface area is 105 Å². The molecule has 0 aromatic carbocycles. The molecule has 0 aliphatic rings. The lowest BCUT2D eigenvalue weighted by molar-refractivity contribution is -0.141. The van der Waals surface area contributed by atoms with E-state index in [4.69, 9.17) is 16.7 Å². The number of carbonyl (C=O) groups is 1. The summed E-state index contributed by atoms with van der Waals surface area (Å²) in [6.45, 7) is 3.16. The van der Waals surface area contributed by atoms with Gasteiger partial charge in [-0.1, -0.05) is 18.5 Å². The topological polar surface area (TPSA) is 40.5 Å². The Kier molecular flexibility index (Phi) is 5.25. The molecule has 16 heavy (non-hydrogen) atoms. The van der Waals surface area contributed by atoms with Crippen LogP contribution in [0.3, 0.4) is 0 Å². The molecule has 3 nitrogen and oxygen atoms in total. The van der Waals surface area contributed by atoms with E-state index in [0.717, 1.165) is 17.3 Å². The monoisotopic (exact) mass is 261 g/mol. The first kappa shape index (κ1) is 13.5. The van der Waals surface area contributed by atoms with E-state index in [2.05, 4.69) is 0 Å². The number of carboxylic acids is 1. The van der Waals surface area contributed by atoms with Gasteiger partial charge in [0.2, 0.25) is 0 Å². The molecule has 0 bridgehead atoms. The van der Waals surface area contributed by atoms with E-state index in [1.54, 1.807) is 18.3 Å². The molecule has 1 rings (SSSR count). The lowest BCUT2D eigenvalue weighted by Gasteiger charge is -2.18. The van der Waals surface area contributed by atoms with E-state index in [-0.39, 0.29) is 5.92 Å². The lowest BCUT2D eigenvalue weighted by Crippen LogP contribution is -2.30. The standard InChI is InChI=1S/C11H16ClNO2S/c1-8(11(14)15)7-13(2)6-5-9-3-4-10(12)16-9/h3-4,8H,5-7H2,1-2H3,(H,14,15). The number of hydrogen-bond acceptors (Lipinski definition) is 3. The Hall–Kier alpha value is -0.580. The molecule has 1 heterocycles. The van der Waals surface area contributed by atoms with Gasteiger partial charge >= 0.3 is 5.97 Å². The highest BCUT2D eigenvalue weighted by Crippen LogP contribution is 2.21.